The van der Waals surface area contributed by atoms with Crippen LogP contribution >= 0.6 is 0 Å². The van der Waals surface area contributed by atoms with Crippen molar-refractivity contribution < 1.29 is 29.0 Å². The van der Waals surface area contributed by atoms with Gasteiger partial charge in [0, 0.05) is 18.5 Å². The summed E-state index contributed by atoms with van der Waals surface area (Å²) in [5.41, 5.74) is 5.41. The van der Waals surface area contributed by atoms with Gasteiger partial charge in [-0.1, -0.05) is 78.9 Å². The summed E-state index contributed by atoms with van der Waals surface area (Å²) in [5, 5.41) is 12.2. The third-order valence-corrected chi connectivity index (χ3v) is 8.22. The van der Waals surface area contributed by atoms with Crippen LogP contribution in [-0.2, 0) is 25.7 Å². The maximum Gasteiger partial charge on any atom is 0.407 e. The van der Waals surface area contributed by atoms with Crippen LogP contribution in [0.25, 0.3) is 11.1 Å². The molecule has 4 atom stereocenters. The molecule has 1 fully saturated rings. The fourth-order valence-corrected chi connectivity index (χ4v) is 5.95. The fourth-order valence-electron chi connectivity index (χ4n) is 5.95. The predicted octanol–water partition coefficient (Wildman–Crippen LogP) is 5.21. The monoisotopic (exact) mass is 556 g/mol. The standard InChI is InChI=1S/C33H36N2O6/c1-21-18-24(32(37)38)16-17-35(21)31(36)30(22(2)40-19-23-10-4-3-5-11-23)34-33(39)41-20-29-27-14-8-6-12-25(27)26-13-7-9-15-28(26)29/h3-15,21-22,24,29-30H,16-20H2,1-2H3,(H,34,39)(H,37,38). The molecular formula is C33H36N2O6. The van der Waals surface area contributed by atoms with Crippen LogP contribution in [0, 0.1) is 5.92 Å². The molecule has 0 saturated carbocycles. The van der Waals surface area contributed by atoms with Gasteiger partial charge in [-0.15, -0.1) is 0 Å². The Morgan fingerprint density at radius 1 is 0.951 bits per heavy atom. The van der Waals surface area contributed by atoms with E-state index in [4.69, 9.17) is 9.47 Å². The minimum atomic E-state index is -1.00. The molecule has 3 aromatic rings. The first kappa shape index (κ1) is 28.4. The molecule has 2 aliphatic rings. The van der Waals surface area contributed by atoms with Gasteiger partial charge in [0.25, 0.3) is 0 Å². The number of fused-ring (bicyclic) bond motifs is 3. The number of carboxylic acid groups (broad SMARTS) is 1. The minimum Gasteiger partial charge on any atom is -0.481 e. The highest BCUT2D eigenvalue weighted by Crippen LogP contribution is 2.44. The molecule has 5 rings (SSSR count). The Morgan fingerprint density at radius 3 is 2.17 bits per heavy atom. The molecule has 0 radical (unpaired) electrons. The molecule has 0 bridgehead atoms. The summed E-state index contributed by atoms with van der Waals surface area (Å²) in [4.78, 5) is 40.1. The zero-order valence-corrected chi connectivity index (χ0v) is 23.4. The Labute approximate surface area is 240 Å². The van der Waals surface area contributed by atoms with E-state index < -0.39 is 30.1 Å². The number of amides is 2. The zero-order valence-electron chi connectivity index (χ0n) is 23.4. The number of rotatable bonds is 9. The van der Waals surface area contributed by atoms with E-state index in [1.54, 1.807) is 11.8 Å². The number of nitrogens with one attached hydrogen (secondary N) is 1. The van der Waals surface area contributed by atoms with E-state index in [1.807, 2.05) is 61.5 Å². The number of benzene rings is 3. The highest BCUT2D eigenvalue weighted by molar-refractivity contribution is 5.87. The number of ether oxygens (including phenoxy) is 2. The molecule has 41 heavy (non-hydrogen) atoms. The number of hydrogen-bond donors (Lipinski definition) is 2. The van der Waals surface area contributed by atoms with E-state index in [1.165, 1.54) is 0 Å². The molecule has 0 aromatic heterocycles. The molecule has 214 valence electrons. The van der Waals surface area contributed by atoms with Crippen LogP contribution in [0.2, 0.25) is 0 Å². The van der Waals surface area contributed by atoms with Crippen molar-refractivity contribution in [1.29, 1.82) is 0 Å². The molecule has 8 nitrogen and oxygen atoms in total. The van der Waals surface area contributed by atoms with Crippen LogP contribution in [0.15, 0.2) is 78.9 Å². The lowest BCUT2D eigenvalue weighted by Crippen LogP contribution is -2.58. The summed E-state index contributed by atoms with van der Waals surface area (Å²) in [6, 6.07) is 24.5. The first-order chi connectivity index (χ1) is 19.8. The van der Waals surface area contributed by atoms with E-state index in [9.17, 15) is 19.5 Å². The Balaban J connectivity index is 1.29. The summed E-state index contributed by atoms with van der Waals surface area (Å²) in [6.07, 6.45) is -0.638. The van der Waals surface area contributed by atoms with E-state index in [0.717, 1.165) is 27.8 Å². The Kier molecular flexibility index (Phi) is 8.69. The minimum absolute atomic E-state index is 0.107. The SMILES string of the molecule is CC(OCc1ccccc1)C(NC(=O)OCC1c2ccccc2-c2ccccc21)C(=O)N1CCC(C(=O)O)CC1C. The molecule has 8 heteroatoms. The average molecular weight is 557 g/mol. The van der Waals surface area contributed by atoms with Crippen molar-refractivity contribution >= 4 is 18.0 Å². The molecule has 1 saturated heterocycles. The van der Waals surface area contributed by atoms with Gasteiger partial charge in [-0.3, -0.25) is 9.59 Å². The number of carbonyl (C=O) groups is 3. The number of aliphatic carboxylic acids is 1. The van der Waals surface area contributed by atoms with Crippen LogP contribution in [0.4, 0.5) is 4.79 Å². The van der Waals surface area contributed by atoms with Gasteiger partial charge in [-0.25, -0.2) is 4.79 Å². The number of carboxylic acids is 1. The van der Waals surface area contributed by atoms with Crippen molar-refractivity contribution in [2.45, 2.75) is 57.4 Å². The summed E-state index contributed by atoms with van der Waals surface area (Å²) in [6.45, 7) is 4.29. The van der Waals surface area contributed by atoms with Crippen molar-refractivity contribution in [3.05, 3.63) is 95.6 Å². The smallest absolute Gasteiger partial charge is 0.407 e. The first-order valence-corrected chi connectivity index (χ1v) is 14.1. The summed E-state index contributed by atoms with van der Waals surface area (Å²) >= 11 is 0. The summed E-state index contributed by atoms with van der Waals surface area (Å²) < 4.78 is 11.8. The highest BCUT2D eigenvalue weighted by atomic mass is 16.5. The normalized spacial score (nSPS) is 19.5. The quantitative estimate of drug-likeness (QED) is 0.375. The van der Waals surface area contributed by atoms with Crippen LogP contribution < -0.4 is 5.32 Å². The van der Waals surface area contributed by atoms with Crippen LogP contribution in [0.3, 0.4) is 0 Å². The second-order valence-corrected chi connectivity index (χ2v) is 10.9. The molecule has 4 unspecified atom stereocenters. The molecule has 1 aliphatic carbocycles. The van der Waals surface area contributed by atoms with Gasteiger partial charge in [0.05, 0.1) is 18.6 Å². The van der Waals surface area contributed by atoms with Crippen molar-refractivity contribution in [3.63, 3.8) is 0 Å². The topological polar surface area (TPSA) is 105 Å². The fraction of sp³-hybridized carbons (Fsp3) is 0.364. The average Bonchev–Trinajstić information content (AvgIpc) is 3.31. The number of piperidine rings is 1. The van der Waals surface area contributed by atoms with Crippen LogP contribution in [0.5, 0.6) is 0 Å². The number of alkyl carbamates (subject to hydrolysis) is 1. The largest absolute Gasteiger partial charge is 0.481 e. The Morgan fingerprint density at radius 2 is 1.56 bits per heavy atom. The van der Waals surface area contributed by atoms with E-state index in [2.05, 4.69) is 29.6 Å². The Bertz CT molecular complexity index is 1350. The lowest BCUT2D eigenvalue weighted by atomic mass is 9.91. The molecule has 2 N–H and O–H groups in total. The van der Waals surface area contributed by atoms with Gasteiger partial charge in [0.1, 0.15) is 12.6 Å². The van der Waals surface area contributed by atoms with E-state index in [0.29, 0.717) is 19.4 Å². The third-order valence-electron chi connectivity index (χ3n) is 8.22. The molecule has 0 spiro atoms. The van der Waals surface area contributed by atoms with Crippen molar-refractivity contribution in [3.8, 4) is 11.1 Å². The zero-order chi connectivity index (χ0) is 28.9. The molecule has 1 heterocycles. The number of hydrogen-bond acceptors (Lipinski definition) is 5. The summed E-state index contributed by atoms with van der Waals surface area (Å²) in [5.74, 6) is -1.76. The van der Waals surface area contributed by atoms with Crippen LogP contribution in [-0.4, -0.2) is 59.3 Å². The van der Waals surface area contributed by atoms with Crippen molar-refractivity contribution in [1.82, 2.24) is 10.2 Å². The van der Waals surface area contributed by atoms with Gasteiger partial charge >= 0.3 is 12.1 Å². The summed E-state index contributed by atoms with van der Waals surface area (Å²) in [7, 11) is 0. The second-order valence-electron chi connectivity index (χ2n) is 10.9. The van der Waals surface area contributed by atoms with E-state index >= 15 is 0 Å². The highest BCUT2D eigenvalue weighted by Gasteiger charge is 2.38. The molecule has 2 amide bonds. The maximum absolute atomic E-state index is 13.8. The van der Waals surface area contributed by atoms with Gasteiger partial charge in [-0.2, -0.15) is 0 Å². The molecule has 3 aromatic carbocycles. The third kappa shape index (κ3) is 6.28. The lowest BCUT2D eigenvalue weighted by molar-refractivity contribution is -0.149. The maximum atomic E-state index is 13.8. The molecule has 1 aliphatic heterocycles. The second kappa shape index (κ2) is 12.6. The Hall–Kier alpha value is -4.17. The first-order valence-electron chi connectivity index (χ1n) is 14.1. The van der Waals surface area contributed by atoms with Crippen molar-refractivity contribution in [2.24, 2.45) is 5.92 Å². The van der Waals surface area contributed by atoms with Gasteiger partial charge in [0.2, 0.25) is 5.91 Å². The predicted molar refractivity (Wildman–Crippen MR) is 154 cm³/mol. The van der Waals surface area contributed by atoms with Crippen molar-refractivity contribution in [2.75, 3.05) is 13.2 Å². The number of likely N-dealkylation sites (tertiary alicyclic amines) is 1. The number of nitrogens with zero attached hydrogens (tertiary/aromatic N) is 1. The van der Waals surface area contributed by atoms with Gasteiger partial charge in [0.15, 0.2) is 0 Å². The van der Waals surface area contributed by atoms with Gasteiger partial charge in [-0.05, 0) is 54.5 Å². The molecular weight excluding hydrogens is 520 g/mol. The van der Waals surface area contributed by atoms with E-state index in [-0.39, 0.29) is 31.1 Å². The van der Waals surface area contributed by atoms with Gasteiger partial charge < -0.3 is 24.8 Å². The lowest BCUT2D eigenvalue weighted by Gasteiger charge is -2.39. The van der Waals surface area contributed by atoms with Crippen LogP contribution in [0.1, 0.15) is 49.3 Å². The number of carbonyl (C=O) groups excluding carboxylic acids is 2.